The third-order valence-electron chi connectivity index (χ3n) is 6.12. The molecule has 1 aromatic carbocycles. The Morgan fingerprint density at radius 3 is 2.65 bits per heavy atom. The quantitative estimate of drug-likeness (QED) is 0.887. The van der Waals surface area contributed by atoms with E-state index in [4.69, 9.17) is 0 Å². The van der Waals surface area contributed by atoms with E-state index in [2.05, 4.69) is 55.4 Å². The Balaban J connectivity index is 1.30. The molecule has 138 valence electrons. The van der Waals surface area contributed by atoms with Gasteiger partial charge in [0.2, 0.25) is 0 Å². The first kappa shape index (κ1) is 16.8. The minimum absolute atomic E-state index is 0.165. The average Bonchev–Trinajstić information content (AvgIpc) is 3.23. The Bertz CT molecular complexity index is 732. The van der Waals surface area contributed by atoms with Gasteiger partial charge in [-0.3, -0.25) is 14.7 Å². The van der Waals surface area contributed by atoms with Crippen LogP contribution in [0.25, 0.3) is 0 Å². The Kier molecular flexibility index (Phi) is 4.33. The van der Waals surface area contributed by atoms with Crippen molar-refractivity contribution in [3.05, 3.63) is 52.5 Å². The van der Waals surface area contributed by atoms with Crippen LogP contribution in [0.1, 0.15) is 17.0 Å². The van der Waals surface area contributed by atoms with E-state index >= 15 is 0 Å². The minimum Gasteiger partial charge on any atom is -0.392 e. The van der Waals surface area contributed by atoms with Crippen LogP contribution in [-0.4, -0.2) is 75.2 Å². The zero-order valence-electron chi connectivity index (χ0n) is 15.0. The number of aliphatic hydroxyl groups excluding tert-OH is 1. The maximum Gasteiger partial charge on any atom is 0.107 e. The summed E-state index contributed by atoms with van der Waals surface area (Å²) < 4.78 is 0. The van der Waals surface area contributed by atoms with Gasteiger partial charge in [-0.25, -0.2) is 4.98 Å². The standard InChI is InChI=1S/C20H26N4OS/c25-18-8-17-10-22(9-16-4-2-1-3-5-16)13-20(24(17)11-18)14-23(15-20)12-19-21-6-7-26-19/h1-7,17-18,25H,8-15H2/t17-,18+/m0/s1. The van der Waals surface area contributed by atoms with E-state index in [1.54, 1.807) is 11.3 Å². The molecule has 3 fully saturated rings. The van der Waals surface area contributed by atoms with Crippen molar-refractivity contribution in [1.29, 1.82) is 0 Å². The van der Waals surface area contributed by atoms with Gasteiger partial charge < -0.3 is 5.11 Å². The molecule has 26 heavy (non-hydrogen) atoms. The maximum atomic E-state index is 10.3. The number of piperazine rings is 1. The first-order chi connectivity index (χ1) is 12.7. The topological polar surface area (TPSA) is 42.8 Å². The van der Waals surface area contributed by atoms with Crippen molar-refractivity contribution >= 4 is 11.3 Å². The molecule has 5 rings (SSSR count). The highest BCUT2D eigenvalue weighted by Gasteiger charge is 2.55. The lowest BCUT2D eigenvalue weighted by Crippen LogP contribution is -2.77. The van der Waals surface area contributed by atoms with E-state index in [0.29, 0.717) is 6.04 Å². The summed E-state index contributed by atoms with van der Waals surface area (Å²) in [5.74, 6) is 0. The van der Waals surface area contributed by atoms with E-state index in [-0.39, 0.29) is 11.6 Å². The molecule has 0 saturated carbocycles. The van der Waals surface area contributed by atoms with Crippen molar-refractivity contribution in [2.75, 3.05) is 32.7 Å². The van der Waals surface area contributed by atoms with Gasteiger partial charge >= 0.3 is 0 Å². The lowest BCUT2D eigenvalue weighted by molar-refractivity contribution is -0.118. The number of hydrogen-bond acceptors (Lipinski definition) is 6. The van der Waals surface area contributed by atoms with E-state index < -0.39 is 0 Å². The molecule has 1 spiro atoms. The molecule has 0 amide bonds. The molecule has 1 aromatic heterocycles. The Hall–Kier alpha value is -1.31. The third-order valence-corrected chi connectivity index (χ3v) is 6.88. The lowest BCUT2D eigenvalue weighted by atomic mass is 9.83. The van der Waals surface area contributed by atoms with Gasteiger partial charge in [0, 0.05) is 56.9 Å². The second-order valence-corrected chi connectivity index (χ2v) is 9.13. The summed E-state index contributed by atoms with van der Waals surface area (Å²) in [5, 5.41) is 13.5. The van der Waals surface area contributed by atoms with Crippen molar-refractivity contribution in [3.63, 3.8) is 0 Å². The van der Waals surface area contributed by atoms with Crippen LogP contribution in [0.3, 0.4) is 0 Å². The number of hydrogen-bond donors (Lipinski definition) is 1. The van der Waals surface area contributed by atoms with E-state index in [9.17, 15) is 5.11 Å². The first-order valence-electron chi connectivity index (χ1n) is 9.52. The monoisotopic (exact) mass is 370 g/mol. The minimum atomic E-state index is -0.165. The Labute approximate surface area is 158 Å². The fourth-order valence-corrected chi connectivity index (χ4v) is 5.84. The highest BCUT2D eigenvalue weighted by molar-refractivity contribution is 7.09. The normalized spacial score (nSPS) is 29.0. The molecular weight excluding hydrogens is 344 g/mol. The maximum absolute atomic E-state index is 10.3. The lowest BCUT2D eigenvalue weighted by Gasteiger charge is -2.61. The van der Waals surface area contributed by atoms with Crippen LogP contribution in [0.15, 0.2) is 41.9 Å². The molecular formula is C20H26N4OS. The molecule has 6 heteroatoms. The Morgan fingerprint density at radius 1 is 1.08 bits per heavy atom. The van der Waals surface area contributed by atoms with Gasteiger partial charge in [0.25, 0.3) is 0 Å². The molecule has 5 nitrogen and oxygen atoms in total. The molecule has 0 radical (unpaired) electrons. The van der Waals surface area contributed by atoms with Gasteiger partial charge in [0.1, 0.15) is 5.01 Å². The van der Waals surface area contributed by atoms with Crippen molar-refractivity contribution < 1.29 is 5.11 Å². The van der Waals surface area contributed by atoms with Crippen LogP contribution in [0.2, 0.25) is 0 Å². The molecule has 3 aliphatic heterocycles. The number of likely N-dealkylation sites (tertiary alicyclic amines) is 1. The number of aliphatic hydroxyl groups is 1. The molecule has 1 N–H and O–H groups in total. The van der Waals surface area contributed by atoms with Gasteiger partial charge in [-0.2, -0.15) is 0 Å². The van der Waals surface area contributed by atoms with Crippen molar-refractivity contribution in [3.8, 4) is 0 Å². The van der Waals surface area contributed by atoms with Crippen LogP contribution < -0.4 is 0 Å². The van der Waals surface area contributed by atoms with Crippen molar-refractivity contribution in [2.24, 2.45) is 0 Å². The fraction of sp³-hybridized carbons (Fsp3) is 0.550. The van der Waals surface area contributed by atoms with Crippen molar-refractivity contribution in [2.45, 2.75) is 37.2 Å². The number of rotatable bonds is 4. The van der Waals surface area contributed by atoms with Gasteiger partial charge in [-0.1, -0.05) is 30.3 Å². The third kappa shape index (κ3) is 3.10. The fourth-order valence-electron chi connectivity index (χ4n) is 5.18. The molecule has 4 heterocycles. The summed E-state index contributed by atoms with van der Waals surface area (Å²) >= 11 is 1.74. The summed E-state index contributed by atoms with van der Waals surface area (Å²) in [6, 6.07) is 11.3. The highest BCUT2D eigenvalue weighted by atomic mass is 32.1. The molecule has 3 aliphatic rings. The summed E-state index contributed by atoms with van der Waals surface area (Å²) in [7, 11) is 0. The number of fused-ring (bicyclic) bond motifs is 2. The number of β-amino-alcohol motifs (C(OH)–C–C–N with tert-alkyl or cyclic N) is 1. The van der Waals surface area contributed by atoms with Crippen LogP contribution in [0, 0.1) is 0 Å². The van der Waals surface area contributed by atoms with Gasteiger partial charge in [-0.15, -0.1) is 11.3 Å². The van der Waals surface area contributed by atoms with Crippen LogP contribution in [0.5, 0.6) is 0 Å². The predicted molar refractivity (Wildman–Crippen MR) is 103 cm³/mol. The van der Waals surface area contributed by atoms with Crippen molar-refractivity contribution in [1.82, 2.24) is 19.7 Å². The summed E-state index contributed by atoms with van der Waals surface area (Å²) in [4.78, 5) is 12.2. The molecule has 3 saturated heterocycles. The first-order valence-corrected chi connectivity index (χ1v) is 10.4. The van der Waals surface area contributed by atoms with Gasteiger partial charge in [0.15, 0.2) is 0 Å². The second kappa shape index (κ2) is 6.69. The van der Waals surface area contributed by atoms with Crippen LogP contribution in [0.4, 0.5) is 0 Å². The number of benzene rings is 1. The largest absolute Gasteiger partial charge is 0.392 e. The Morgan fingerprint density at radius 2 is 1.88 bits per heavy atom. The van der Waals surface area contributed by atoms with Crippen LogP contribution in [-0.2, 0) is 13.1 Å². The summed E-state index contributed by atoms with van der Waals surface area (Å²) in [6.07, 6.45) is 2.64. The molecule has 0 bridgehead atoms. The molecule has 2 atom stereocenters. The number of thiazole rings is 1. The molecule has 0 aliphatic carbocycles. The van der Waals surface area contributed by atoms with Gasteiger partial charge in [0.05, 0.1) is 18.2 Å². The molecule has 2 aromatic rings. The second-order valence-electron chi connectivity index (χ2n) is 8.15. The van der Waals surface area contributed by atoms with E-state index in [1.807, 2.05) is 6.20 Å². The van der Waals surface area contributed by atoms with Gasteiger partial charge in [-0.05, 0) is 12.0 Å². The van der Waals surface area contributed by atoms with E-state index in [0.717, 1.165) is 52.2 Å². The zero-order valence-corrected chi connectivity index (χ0v) is 15.8. The smallest absolute Gasteiger partial charge is 0.107 e. The predicted octanol–water partition coefficient (Wildman–Crippen LogP) is 1.65. The van der Waals surface area contributed by atoms with E-state index in [1.165, 1.54) is 10.6 Å². The number of aromatic nitrogens is 1. The average molecular weight is 371 g/mol. The molecule has 0 unspecified atom stereocenters. The SMILES string of the molecule is O[C@@H]1C[C@H]2CN(Cc3ccccc3)CC3(CN(Cc4nccs4)C3)N2C1. The highest BCUT2D eigenvalue weighted by Crippen LogP contribution is 2.39. The van der Waals surface area contributed by atoms with Crippen LogP contribution >= 0.6 is 11.3 Å². The zero-order chi connectivity index (χ0) is 17.6. The number of nitrogens with zero attached hydrogens (tertiary/aromatic N) is 4. The summed E-state index contributed by atoms with van der Waals surface area (Å²) in [6.45, 7) is 7.14. The summed E-state index contributed by atoms with van der Waals surface area (Å²) in [5.41, 5.74) is 1.58.